The first kappa shape index (κ1) is 20.8. The Bertz CT molecular complexity index is 2070. The van der Waals surface area contributed by atoms with Gasteiger partial charge in [-0.25, -0.2) is 9.97 Å². The van der Waals surface area contributed by atoms with Crippen molar-refractivity contribution in [3.8, 4) is 28.7 Å². The van der Waals surface area contributed by atoms with E-state index in [2.05, 4.69) is 18.2 Å². The number of furan rings is 1. The van der Waals surface area contributed by atoms with Crippen LogP contribution in [0.1, 0.15) is 0 Å². The van der Waals surface area contributed by atoms with Crippen LogP contribution in [0.2, 0.25) is 0 Å². The van der Waals surface area contributed by atoms with Gasteiger partial charge in [-0.1, -0.05) is 97.1 Å². The van der Waals surface area contributed by atoms with Crippen LogP contribution in [0.15, 0.2) is 120 Å². The first-order chi connectivity index (χ1) is 18.8. The number of para-hydroxylation sites is 2. The standard InChI is InChI=1S/C32H19N5O/c1-3-11-20(12-4-1)29-34-30(21-13-5-2-6-14-21)36-32(35-29)37-24-17-9-7-15-22(24)28-27-23-16-8-10-18-25(23)38-26(27)19-33-31(28)37/h1-19H. The maximum absolute atomic E-state index is 6.17. The molecule has 4 aromatic heterocycles. The summed E-state index contributed by atoms with van der Waals surface area (Å²) in [5, 5.41) is 4.19. The van der Waals surface area contributed by atoms with E-state index in [4.69, 9.17) is 24.4 Å². The zero-order valence-corrected chi connectivity index (χ0v) is 20.1. The summed E-state index contributed by atoms with van der Waals surface area (Å²) < 4.78 is 8.20. The Morgan fingerprint density at radius 1 is 0.526 bits per heavy atom. The summed E-state index contributed by atoms with van der Waals surface area (Å²) >= 11 is 0. The molecule has 0 fully saturated rings. The number of fused-ring (bicyclic) bond motifs is 7. The molecule has 38 heavy (non-hydrogen) atoms. The Hall–Kier alpha value is -5.36. The van der Waals surface area contributed by atoms with E-state index in [0.717, 1.165) is 55.0 Å². The molecule has 0 bridgehead atoms. The number of hydrogen-bond donors (Lipinski definition) is 0. The Balaban J connectivity index is 1.51. The summed E-state index contributed by atoms with van der Waals surface area (Å²) in [5.74, 6) is 1.73. The van der Waals surface area contributed by atoms with Gasteiger partial charge in [0.2, 0.25) is 5.95 Å². The van der Waals surface area contributed by atoms with E-state index < -0.39 is 0 Å². The SMILES string of the molecule is c1ccc(-c2nc(-c3ccccc3)nc(-n3c4ccccc4c4c5c(cnc43)oc3ccccc35)n2)cc1. The summed E-state index contributed by atoms with van der Waals surface area (Å²) in [7, 11) is 0. The molecule has 0 aliphatic carbocycles. The van der Waals surface area contributed by atoms with Gasteiger partial charge in [-0.2, -0.15) is 9.97 Å². The summed E-state index contributed by atoms with van der Waals surface area (Å²) in [5.41, 5.74) is 5.18. The molecule has 0 spiro atoms. The van der Waals surface area contributed by atoms with Gasteiger partial charge in [0.15, 0.2) is 17.2 Å². The number of pyridine rings is 1. The van der Waals surface area contributed by atoms with Crippen LogP contribution in [-0.2, 0) is 0 Å². The Morgan fingerprint density at radius 3 is 1.84 bits per heavy atom. The van der Waals surface area contributed by atoms with Crippen molar-refractivity contribution in [1.29, 1.82) is 0 Å². The molecule has 0 N–H and O–H groups in total. The Morgan fingerprint density at radius 2 is 1.13 bits per heavy atom. The second kappa shape index (κ2) is 8.08. The summed E-state index contributed by atoms with van der Waals surface area (Å²) in [6, 6.07) is 36.4. The predicted molar refractivity (Wildman–Crippen MR) is 150 cm³/mol. The zero-order valence-electron chi connectivity index (χ0n) is 20.1. The first-order valence-corrected chi connectivity index (χ1v) is 12.4. The van der Waals surface area contributed by atoms with Gasteiger partial charge in [-0.3, -0.25) is 4.57 Å². The van der Waals surface area contributed by atoms with Crippen LogP contribution in [0, 0.1) is 0 Å². The minimum atomic E-state index is 0.517. The summed E-state index contributed by atoms with van der Waals surface area (Å²) in [6.07, 6.45) is 1.80. The van der Waals surface area contributed by atoms with Gasteiger partial charge < -0.3 is 4.42 Å². The minimum absolute atomic E-state index is 0.517. The second-order valence-electron chi connectivity index (χ2n) is 9.16. The molecular weight excluding hydrogens is 470 g/mol. The lowest BCUT2D eigenvalue weighted by Gasteiger charge is -2.10. The smallest absolute Gasteiger partial charge is 0.240 e. The number of hydrogen-bond acceptors (Lipinski definition) is 5. The fraction of sp³-hybridized carbons (Fsp3) is 0. The van der Waals surface area contributed by atoms with E-state index in [9.17, 15) is 0 Å². The van der Waals surface area contributed by atoms with E-state index in [1.165, 1.54) is 0 Å². The fourth-order valence-electron chi connectivity index (χ4n) is 5.23. The van der Waals surface area contributed by atoms with Crippen molar-refractivity contribution in [2.75, 3.05) is 0 Å². The van der Waals surface area contributed by atoms with Gasteiger partial charge in [0.25, 0.3) is 0 Å². The lowest BCUT2D eigenvalue weighted by Crippen LogP contribution is -2.06. The van der Waals surface area contributed by atoms with Crippen molar-refractivity contribution in [2.24, 2.45) is 0 Å². The average Bonchev–Trinajstić information content (AvgIpc) is 3.53. The molecule has 178 valence electrons. The highest BCUT2D eigenvalue weighted by Gasteiger charge is 2.22. The number of benzene rings is 4. The van der Waals surface area contributed by atoms with Gasteiger partial charge >= 0.3 is 0 Å². The van der Waals surface area contributed by atoms with E-state index in [1.54, 1.807) is 6.20 Å². The highest BCUT2D eigenvalue weighted by atomic mass is 16.3. The summed E-state index contributed by atoms with van der Waals surface area (Å²) in [4.78, 5) is 19.7. The van der Waals surface area contributed by atoms with Crippen LogP contribution in [-0.4, -0.2) is 24.5 Å². The van der Waals surface area contributed by atoms with Gasteiger partial charge in [-0.05, 0) is 12.1 Å². The second-order valence-corrected chi connectivity index (χ2v) is 9.16. The third kappa shape index (κ3) is 3.07. The molecule has 4 aromatic carbocycles. The monoisotopic (exact) mass is 489 g/mol. The zero-order chi connectivity index (χ0) is 25.1. The van der Waals surface area contributed by atoms with Crippen molar-refractivity contribution in [2.45, 2.75) is 0 Å². The van der Waals surface area contributed by atoms with Crippen molar-refractivity contribution >= 4 is 43.9 Å². The third-order valence-corrected chi connectivity index (χ3v) is 6.91. The molecule has 0 saturated heterocycles. The van der Waals surface area contributed by atoms with Gasteiger partial charge in [-0.15, -0.1) is 0 Å². The van der Waals surface area contributed by atoms with Crippen LogP contribution in [0.3, 0.4) is 0 Å². The van der Waals surface area contributed by atoms with E-state index >= 15 is 0 Å². The maximum atomic E-state index is 6.17. The Labute approximate surface area is 216 Å². The van der Waals surface area contributed by atoms with Gasteiger partial charge in [0, 0.05) is 32.7 Å². The molecule has 0 unspecified atom stereocenters. The first-order valence-electron chi connectivity index (χ1n) is 12.4. The largest absolute Gasteiger partial charge is 0.454 e. The van der Waals surface area contributed by atoms with Crippen molar-refractivity contribution in [3.63, 3.8) is 0 Å². The normalized spacial score (nSPS) is 11.7. The van der Waals surface area contributed by atoms with E-state index in [-0.39, 0.29) is 0 Å². The lowest BCUT2D eigenvalue weighted by atomic mass is 10.1. The predicted octanol–water partition coefficient (Wildman–Crippen LogP) is 7.60. The number of aromatic nitrogens is 5. The van der Waals surface area contributed by atoms with Crippen LogP contribution in [0.4, 0.5) is 0 Å². The summed E-state index contributed by atoms with van der Waals surface area (Å²) in [6.45, 7) is 0. The fourth-order valence-corrected chi connectivity index (χ4v) is 5.23. The molecule has 6 nitrogen and oxygen atoms in total. The molecule has 0 radical (unpaired) electrons. The molecule has 8 rings (SSSR count). The van der Waals surface area contributed by atoms with Crippen LogP contribution >= 0.6 is 0 Å². The van der Waals surface area contributed by atoms with Crippen LogP contribution < -0.4 is 0 Å². The van der Waals surface area contributed by atoms with E-state index in [0.29, 0.717) is 17.6 Å². The lowest BCUT2D eigenvalue weighted by molar-refractivity contribution is 0.667. The molecule has 0 aliphatic rings. The van der Waals surface area contributed by atoms with Gasteiger partial charge in [0.1, 0.15) is 11.2 Å². The number of rotatable bonds is 3. The molecule has 0 aliphatic heterocycles. The molecular formula is C32H19N5O. The van der Waals surface area contributed by atoms with E-state index in [1.807, 2.05) is 95.6 Å². The molecule has 8 aromatic rings. The van der Waals surface area contributed by atoms with Crippen molar-refractivity contribution in [1.82, 2.24) is 24.5 Å². The van der Waals surface area contributed by atoms with Crippen molar-refractivity contribution < 1.29 is 4.42 Å². The number of nitrogens with zero attached hydrogens (tertiary/aromatic N) is 5. The Kier molecular flexibility index (Phi) is 4.42. The van der Waals surface area contributed by atoms with Crippen LogP contribution in [0.5, 0.6) is 0 Å². The topological polar surface area (TPSA) is 69.6 Å². The highest BCUT2D eigenvalue weighted by Crippen LogP contribution is 2.39. The van der Waals surface area contributed by atoms with Crippen molar-refractivity contribution in [3.05, 3.63) is 115 Å². The quantitative estimate of drug-likeness (QED) is 0.256. The highest BCUT2D eigenvalue weighted by molar-refractivity contribution is 6.26. The average molecular weight is 490 g/mol. The minimum Gasteiger partial charge on any atom is -0.454 e. The molecule has 0 saturated carbocycles. The maximum Gasteiger partial charge on any atom is 0.240 e. The van der Waals surface area contributed by atoms with Crippen LogP contribution in [0.25, 0.3) is 72.6 Å². The third-order valence-electron chi connectivity index (χ3n) is 6.91. The van der Waals surface area contributed by atoms with Gasteiger partial charge in [0.05, 0.1) is 11.7 Å². The molecule has 6 heteroatoms. The molecule has 0 amide bonds. The molecule has 4 heterocycles. The molecule has 0 atom stereocenters.